The van der Waals surface area contributed by atoms with Gasteiger partial charge in [0.05, 0.1) is 0 Å². The SMILES string of the molecule is CCCC(C)NCCCCCBr. The monoisotopic (exact) mass is 235 g/mol. The number of hydrogen-bond donors (Lipinski definition) is 1. The van der Waals surface area contributed by atoms with Crippen molar-refractivity contribution in [3.8, 4) is 0 Å². The third-order valence-electron chi connectivity index (χ3n) is 2.02. The molecule has 0 fully saturated rings. The molecule has 1 atom stereocenters. The number of unbranched alkanes of at least 4 members (excludes halogenated alkanes) is 2. The molecule has 0 saturated carbocycles. The highest BCUT2D eigenvalue weighted by Gasteiger charge is 1.97. The second-order valence-electron chi connectivity index (χ2n) is 3.39. The molecule has 1 unspecified atom stereocenters. The predicted octanol–water partition coefficient (Wildman–Crippen LogP) is 3.33. The van der Waals surface area contributed by atoms with Crippen molar-refractivity contribution in [1.29, 1.82) is 0 Å². The molecule has 2 heteroatoms. The van der Waals surface area contributed by atoms with E-state index in [0.29, 0.717) is 6.04 Å². The van der Waals surface area contributed by atoms with Gasteiger partial charge >= 0.3 is 0 Å². The van der Waals surface area contributed by atoms with Crippen LogP contribution in [0.25, 0.3) is 0 Å². The average molecular weight is 236 g/mol. The Bertz CT molecular complexity index is 85.9. The minimum absolute atomic E-state index is 0.707. The van der Waals surface area contributed by atoms with Crippen LogP contribution in [-0.4, -0.2) is 17.9 Å². The maximum absolute atomic E-state index is 3.53. The van der Waals surface area contributed by atoms with E-state index in [9.17, 15) is 0 Å². The Balaban J connectivity index is 2.97. The van der Waals surface area contributed by atoms with Crippen LogP contribution in [0.2, 0.25) is 0 Å². The van der Waals surface area contributed by atoms with Crippen molar-refractivity contribution in [2.24, 2.45) is 0 Å². The van der Waals surface area contributed by atoms with Crippen LogP contribution in [0.5, 0.6) is 0 Å². The van der Waals surface area contributed by atoms with E-state index >= 15 is 0 Å². The van der Waals surface area contributed by atoms with Gasteiger partial charge in [-0.2, -0.15) is 0 Å². The van der Waals surface area contributed by atoms with Gasteiger partial charge in [0, 0.05) is 11.4 Å². The molecular weight excluding hydrogens is 214 g/mol. The largest absolute Gasteiger partial charge is 0.314 e. The van der Waals surface area contributed by atoms with Gasteiger partial charge in [-0.3, -0.25) is 0 Å². The molecule has 0 rings (SSSR count). The summed E-state index contributed by atoms with van der Waals surface area (Å²) in [5.74, 6) is 0. The summed E-state index contributed by atoms with van der Waals surface area (Å²) in [5.41, 5.74) is 0. The van der Waals surface area contributed by atoms with Crippen LogP contribution < -0.4 is 5.32 Å². The van der Waals surface area contributed by atoms with Crippen LogP contribution in [0.15, 0.2) is 0 Å². The van der Waals surface area contributed by atoms with Crippen LogP contribution in [0, 0.1) is 0 Å². The van der Waals surface area contributed by atoms with Crippen molar-refractivity contribution in [3.63, 3.8) is 0 Å². The first-order valence-corrected chi connectivity index (χ1v) is 6.22. The lowest BCUT2D eigenvalue weighted by atomic mass is 10.2. The molecule has 74 valence electrons. The topological polar surface area (TPSA) is 12.0 Å². The van der Waals surface area contributed by atoms with E-state index in [2.05, 4.69) is 35.1 Å². The van der Waals surface area contributed by atoms with Crippen LogP contribution in [0.1, 0.15) is 46.0 Å². The quantitative estimate of drug-likeness (QED) is 0.503. The molecule has 0 aromatic rings. The lowest BCUT2D eigenvalue weighted by molar-refractivity contribution is 0.495. The van der Waals surface area contributed by atoms with Crippen LogP contribution in [0.3, 0.4) is 0 Å². The lowest BCUT2D eigenvalue weighted by Gasteiger charge is -2.11. The number of nitrogens with one attached hydrogen (secondary N) is 1. The standard InChI is InChI=1S/C10H22BrN/c1-3-7-10(2)12-9-6-4-5-8-11/h10,12H,3-9H2,1-2H3. The second-order valence-corrected chi connectivity index (χ2v) is 4.19. The molecule has 0 radical (unpaired) electrons. The predicted molar refractivity (Wildman–Crippen MR) is 60.0 cm³/mol. The van der Waals surface area contributed by atoms with Crippen molar-refractivity contribution in [3.05, 3.63) is 0 Å². The summed E-state index contributed by atoms with van der Waals surface area (Å²) in [6, 6.07) is 0.707. The minimum Gasteiger partial charge on any atom is -0.314 e. The van der Waals surface area contributed by atoms with Crippen molar-refractivity contribution in [2.45, 2.75) is 52.0 Å². The Kier molecular flexibility index (Phi) is 9.88. The molecular formula is C10H22BrN. The Hall–Kier alpha value is 0.440. The summed E-state index contributed by atoms with van der Waals surface area (Å²) in [6.45, 7) is 5.70. The molecule has 0 heterocycles. The highest BCUT2D eigenvalue weighted by Crippen LogP contribution is 1.99. The molecule has 0 aliphatic carbocycles. The zero-order chi connectivity index (χ0) is 9.23. The maximum Gasteiger partial charge on any atom is 0.00386 e. The summed E-state index contributed by atoms with van der Waals surface area (Å²) in [6.07, 6.45) is 6.56. The zero-order valence-electron chi connectivity index (χ0n) is 8.41. The highest BCUT2D eigenvalue weighted by molar-refractivity contribution is 9.09. The first-order chi connectivity index (χ1) is 5.81. The van der Waals surface area contributed by atoms with Gasteiger partial charge in [-0.25, -0.2) is 0 Å². The summed E-state index contributed by atoms with van der Waals surface area (Å²) in [4.78, 5) is 0. The zero-order valence-corrected chi connectivity index (χ0v) is 9.99. The molecule has 0 aliphatic heterocycles. The molecule has 12 heavy (non-hydrogen) atoms. The van der Waals surface area contributed by atoms with Crippen molar-refractivity contribution < 1.29 is 0 Å². The Morgan fingerprint density at radius 3 is 2.58 bits per heavy atom. The fraction of sp³-hybridized carbons (Fsp3) is 1.00. The van der Waals surface area contributed by atoms with Gasteiger partial charge < -0.3 is 5.32 Å². The number of hydrogen-bond acceptors (Lipinski definition) is 1. The van der Waals surface area contributed by atoms with E-state index in [4.69, 9.17) is 0 Å². The van der Waals surface area contributed by atoms with Crippen LogP contribution in [0.4, 0.5) is 0 Å². The van der Waals surface area contributed by atoms with Gasteiger partial charge in [0.25, 0.3) is 0 Å². The van der Waals surface area contributed by atoms with E-state index in [0.717, 1.165) is 5.33 Å². The van der Waals surface area contributed by atoms with E-state index < -0.39 is 0 Å². The molecule has 0 saturated heterocycles. The van der Waals surface area contributed by atoms with Crippen molar-refractivity contribution in [2.75, 3.05) is 11.9 Å². The van der Waals surface area contributed by atoms with Crippen LogP contribution >= 0.6 is 15.9 Å². The third-order valence-corrected chi connectivity index (χ3v) is 2.59. The minimum atomic E-state index is 0.707. The van der Waals surface area contributed by atoms with E-state index in [1.807, 2.05) is 0 Å². The van der Waals surface area contributed by atoms with Gasteiger partial charge in [0.1, 0.15) is 0 Å². The van der Waals surface area contributed by atoms with Gasteiger partial charge in [-0.1, -0.05) is 35.7 Å². The first-order valence-electron chi connectivity index (χ1n) is 5.10. The maximum atomic E-state index is 3.53. The fourth-order valence-corrected chi connectivity index (χ4v) is 1.68. The summed E-state index contributed by atoms with van der Waals surface area (Å²) in [5, 5.41) is 4.68. The molecule has 0 bridgehead atoms. The Morgan fingerprint density at radius 2 is 2.00 bits per heavy atom. The van der Waals surface area contributed by atoms with E-state index in [1.165, 1.54) is 38.6 Å². The smallest absolute Gasteiger partial charge is 0.00386 e. The van der Waals surface area contributed by atoms with Gasteiger partial charge in [-0.15, -0.1) is 0 Å². The molecule has 0 spiro atoms. The third kappa shape index (κ3) is 8.54. The molecule has 1 N–H and O–H groups in total. The lowest BCUT2D eigenvalue weighted by Crippen LogP contribution is -2.26. The molecule has 1 nitrogen and oxygen atoms in total. The van der Waals surface area contributed by atoms with Crippen molar-refractivity contribution in [1.82, 2.24) is 5.32 Å². The van der Waals surface area contributed by atoms with Crippen LogP contribution in [-0.2, 0) is 0 Å². The average Bonchev–Trinajstić information content (AvgIpc) is 2.05. The molecule has 0 aromatic heterocycles. The summed E-state index contributed by atoms with van der Waals surface area (Å²) in [7, 11) is 0. The Morgan fingerprint density at radius 1 is 1.25 bits per heavy atom. The number of rotatable bonds is 8. The summed E-state index contributed by atoms with van der Waals surface area (Å²) < 4.78 is 0. The van der Waals surface area contributed by atoms with Gasteiger partial charge in [-0.05, 0) is 32.7 Å². The molecule has 0 amide bonds. The van der Waals surface area contributed by atoms with E-state index in [1.54, 1.807) is 0 Å². The first kappa shape index (κ1) is 12.4. The normalized spacial score (nSPS) is 13.2. The fourth-order valence-electron chi connectivity index (χ4n) is 1.28. The molecule has 0 aromatic carbocycles. The van der Waals surface area contributed by atoms with E-state index in [-0.39, 0.29) is 0 Å². The van der Waals surface area contributed by atoms with Gasteiger partial charge in [0.2, 0.25) is 0 Å². The number of halogens is 1. The second kappa shape index (κ2) is 9.53. The molecule has 0 aliphatic rings. The van der Waals surface area contributed by atoms with Crippen molar-refractivity contribution >= 4 is 15.9 Å². The van der Waals surface area contributed by atoms with Gasteiger partial charge in [0.15, 0.2) is 0 Å². The highest BCUT2D eigenvalue weighted by atomic mass is 79.9. The number of alkyl halides is 1. The Labute approximate surface area is 85.4 Å². The summed E-state index contributed by atoms with van der Waals surface area (Å²) >= 11 is 3.43.